The molecule has 0 unspecified atom stereocenters. The molecule has 4 rings (SSSR count). The number of urea groups is 1. The van der Waals surface area contributed by atoms with Crippen molar-refractivity contribution in [2.24, 2.45) is 0 Å². The molecule has 3 heterocycles. The number of rotatable bonds is 3. The molecule has 2 aliphatic heterocycles. The molecule has 0 aliphatic carbocycles. The quantitative estimate of drug-likeness (QED) is 0.873. The van der Waals surface area contributed by atoms with Gasteiger partial charge in [0, 0.05) is 51.0 Å². The maximum atomic E-state index is 12.5. The normalized spacial score (nSPS) is 17.3. The van der Waals surface area contributed by atoms with Crippen LogP contribution >= 0.6 is 0 Å². The number of carbonyl (C=O) groups excluding carboxylic acids is 1. The summed E-state index contributed by atoms with van der Waals surface area (Å²) in [7, 11) is 0. The number of anilines is 3. The SMILES string of the molecule is O=C(Nc1ccc(N2CCCC2)nc1)N1CCN(c2cccc(O)c2)CC1. The maximum absolute atomic E-state index is 12.5. The molecule has 2 N–H and O–H groups in total. The molecule has 0 radical (unpaired) electrons. The summed E-state index contributed by atoms with van der Waals surface area (Å²) < 4.78 is 0. The van der Waals surface area contributed by atoms with Crippen LogP contribution in [0.5, 0.6) is 5.75 Å². The van der Waals surface area contributed by atoms with E-state index in [4.69, 9.17) is 0 Å². The summed E-state index contributed by atoms with van der Waals surface area (Å²) in [4.78, 5) is 23.3. The van der Waals surface area contributed by atoms with Gasteiger partial charge < -0.3 is 25.1 Å². The van der Waals surface area contributed by atoms with E-state index in [1.54, 1.807) is 18.3 Å². The van der Waals surface area contributed by atoms with Crippen molar-refractivity contribution in [3.63, 3.8) is 0 Å². The third-order valence-corrected chi connectivity index (χ3v) is 5.19. The predicted octanol–water partition coefficient (Wildman–Crippen LogP) is 2.74. The smallest absolute Gasteiger partial charge is 0.322 e. The minimum absolute atomic E-state index is 0.0960. The van der Waals surface area contributed by atoms with E-state index in [0.29, 0.717) is 13.1 Å². The summed E-state index contributed by atoms with van der Waals surface area (Å²) in [6.45, 7) is 4.87. The summed E-state index contributed by atoms with van der Waals surface area (Å²) in [6.07, 6.45) is 4.16. The van der Waals surface area contributed by atoms with Gasteiger partial charge >= 0.3 is 6.03 Å². The molecule has 142 valence electrons. The number of phenols is 1. The first-order valence-corrected chi connectivity index (χ1v) is 9.50. The van der Waals surface area contributed by atoms with Crippen LogP contribution in [-0.2, 0) is 0 Å². The van der Waals surface area contributed by atoms with Gasteiger partial charge in [-0.3, -0.25) is 0 Å². The molecule has 1 aromatic heterocycles. The number of benzene rings is 1. The van der Waals surface area contributed by atoms with Gasteiger partial charge in [-0.25, -0.2) is 9.78 Å². The zero-order valence-electron chi connectivity index (χ0n) is 15.3. The van der Waals surface area contributed by atoms with Crippen molar-refractivity contribution in [2.75, 3.05) is 54.4 Å². The van der Waals surface area contributed by atoms with Gasteiger partial charge in [0.2, 0.25) is 0 Å². The number of phenolic OH excluding ortho intramolecular Hbond substituents is 1. The van der Waals surface area contributed by atoms with Crippen LogP contribution in [0.4, 0.5) is 22.0 Å². The molecular weight excluding hydrogens is 342 g/mol. The van der Waals surface area contributed by atoms with Gasteiger partial charge in [0.25, 0.3) is 0 Å². The Hall–Kier alpha value is -2.96. The highest BCUT2D eigenvalue weighted by molar-refractivity contribution is 5.89. The average molecular weight is 367 g/mol. The summed E-state index contributed by atoms with van der Waals surface area (Å²) in [5.41, 5.74) is 1.70. The fraction of sp³-hybridized carbons (Fsp3) is 0.400. The molecule has 7 heteroatoms. The number of hydrogen-bond donors (Lipinski definition) is 2. The molecule has 0 saturated carbocycles. The Morgan fingerprint density at radius 1 is 0.963 bits per heavy atom. The van der Waals surface area contributed by atoms with Crippen LogP contribution in [0.3, 0.4) is 0 Å². The standard InChI is InChI=1S/C20H25N5O2/c26-18-5-3-4-17(14-18)23-10-12-25(13-11-23)20(27)22-16-6-7-19(21-15-16)24-8-1-2-9-24/h3-7,14-15,26H,1-2,8-13H2,(H,22,27). The van der Waals surface area contributed by atoms with E-state index >= 15 is 0 Å². The zero-order chi connectivity index (χ0) is 18.6. The number of nitrogens with zero attached hydrogens (tertiary/aromatic N) is 4. The van der Waals surface area contributed by atoms with Crippen LogP contribution in [0.1, 0.15) is 12.8 Å². The molecule has 7 nitrogen and oxygen atoms in total. The summed E-state index contributed by atoms with van der Waals surface area (Å²) >= 11 is 0. The van der Waals surface area contributed by atoms with Crippen LogP contribution in [0.25, 0.3) is 0 Å². The largest absolute Gasteiger partial charge is 0.508 e. The number of piperazine rings is 1. The van der Waals surface area contributed by atoms with E-state index in [0.717, 1.165) is 43.4 Å². The average Bonchev–Trinajstić information content (AvgIpc) is 3.23. The number of hydrogen-bond acceptors (Lipinski definition) is 5. The molecule has 0 atom stereocenters. The highest BCUT2D eigenvalue weighted by atomic mass is 16.3. The molecule has 2 aromatic rings. The van der Waals surface area contributed by atoms with E-state index in [1.807, 2.05) is 29.2 Å². The Balaban J connectivity index is 1.30. The molecule has 0 bridgehead atoms. The van der Waals surface area contributed by atoms with Crippen LogP contribution in [0.2, 0.25) is 0 Å². The van der Waals surface area contributed by atoms with Gasteiger partial charge in [0.05, 0.1) is 11.9 Å². The number of nitrogens with one attached hydrogen (secondary N) is 1. The Morgan fingerprint density at radius 3 is 2.41 bits per heavy atom. The van der Waals surface area contributed by atoms with Crippen molar-refractivity contribution in [3.05, 3.63) is 42.6 Å². The lowest BCUT2D eigenvalue weighted by Crippen LogP contribution is -2.50. The lowest BCUT2D eigenvalue weighted by atomic mass is 10.2. The molecule has 2 saturated heterocycles. The molecule has 0 spiro atoms. The lowest BCUT2D eigenvalue weighted by molar-refractivity contribution is 0.208. The number of carbonyl (C=O) groups is 1. The molecule has 1 aromatic carbocycles. The van der Waals surface area contributed by atoms with Gasteiger partial charge in [0.15, 0.2) is 0 Å². The van der Waals surface area contributed by atoms with Gasteiger partial charge in [-0.05, 0) is 37.1 Å². The second-order valence-electron chi connectivity index (χ2n) is 7.02. The Kier molecular flexibility index (Phi) is 5.00. The predicted molar refractivity (Wildman–Crippen MR) is 107 cm³/mol. The van der Waals surface area contributed by atoms with Crippen LogP contribution in [0.15, 0.2) is 42.6 Å². The Bertz CT molecular complexity index is 781. The first kappa shape index (κ1) is 17.5. The first-order valence-electron chi connectivity index (χ1n) is 9.50. The van der Waals surface area contributed by atoms with E-state index < -0.39 is 0 Å². The van der Waals surface area contributed by atoms with Crippen LogP contribution in [0, 0.1) is 0 Å². The minimum atomic E-state index is -0.0960. The zero-order valence-corrected chi connectivity index (χ0v) is 15.3. The van der Waals surface area contributed by atoms with E-state index in [1.165, 1.54) is 12.8 Å². The van der Waals surface area contributed by atoms with Gasteiger partial charge in [0.1, 0.15) is 11.6 Å². The highest BCUT2D eigenvalue weighted by Crippen LogP contribution is 2.22. The highest BCUT2D eigenvalue weighted by Gasteiger charge is 2.22. The number of pyridine rings is 1. The van der Waals surface area contributed by atoms with Crippen molar-refractivity contribution in [1.29, 1.82) is 0 Å². The Labute approximate surface area is 159 Å². The minimum Gasteiger partial charge on any atom is -0.508 e. The van der Waals surface area contributed by atoms with E-state index in [9.17, 15) is 9.90 Å². The number of aromatic hydroxyl groups is 1. The first-order chi connectivity index (χ1) is 13.2. The topological polar surface area (TPSA) is 71.9 Å². The van der Waals surface area contributed by atoms with Gasteiger partial charge in [-0.15, -0.1) is 0 Å². The van der Waals surface area contributed by atoms with Gasteiger partial charge in [-0.1, -0.05) is 6.07 Å². The van der Waals surface area contributed by atoms with Crippen molar-refractivity contribution in [2.45, 2.75) is 12.8 Å². The van der Waals surface area contributed by atoms with Crippen molar-refractivity contribution >= 4 is 23.2 Å². The summed E-state index contributed by atoms with van der Waals surface area (Å²) in [5.74, 6) is 1.24. The van der Waals surface area contributed by atoms with Crippen molar-refractivity contribution < 1.29 is 9.90 Å². The number of aromatic nitrogens is 1. The monoisotopic (exact) mass is 367 g/mol. The second-order valence-corrected chi connectivity index (χ2v) is 7.02. The summed E-state index contributed by atoms with van der Waals surface area (Å²) in [6, 6.07) is 11.0. The number of amides is 2. The molecule has 2 aliphatic rings. The fourth-order valence-electron chi connectivity index (χ4n) is 3.65. The molecule has 2 amide bonds. The van der Waals surface area contributed by atoms with Crippen LogP contribution < -0.4 is 15.1 Å². The van der Waals surface area contributed by atoms with E-state index in [-0.39, 0.29) is 11.8 Å². The van der Waals surface area contributed by atoms with Gasteiger partial charge in [-0.2, -0.15) is 0 Å². The van der Waals surface area contributed by atoms with E-state index in [2.05, 4.69) is 20.1 Å². The summed E-state index contributed by atoms with van der Waals surface area (Å²) in [5, 5.41) is 12.6. The third-order valence-electron chi connectivity index (χ3n) is 5.19. The maximum Gasteiger partial charge on any atom is 0.322 e. The molecule has 2 fully saturated rings. The lowest BCUT2D eigenvalue weighted by Gasteiger charge is -2.36. The van der Waals surface area contributed by atoms with Crippen molar-refractivity contribution in [3.8, 4) is 5.75 Å². The molecular formula is C20H25N5O2. The second kappa shape index (κ2) is 7.73. The van der Waals surface area contributed by atoms with Crippen LogP contribution in [-0.4, -0.2) is 60.3 Å². The molecule has 27 heavy (non-hydrogen) atoms. The third kappa shape index (κ3) is 4.07. The van der Waals surface area contributed by atoms with Crippen molar-refractivity contribution in [1.82, 2.24) is 9.88 Å². The fourth-order valence-corrected chi connectivity index (χ4v) is 3.65. The Morgan fingerprint density at radius 2 is 1.74 bits per heavy atom.